The highest BCUT2D eigenvalue weighted by atomic mass is 16.5. The van der Waals surface area contributed by atoms with E-state index in [9.17, 15) is 4.79 Å². The number of methoxy groups -OCH3 is 2. The molecule has 3 aliphatic carbocycles. The molecule has 1 aromatic carbocycles. The van der Waals surface area contributed by atoms with Gasteiger partial charge in [0.15, 0.2) is 11.5 Å². The molecule has 3 saturated carbocycles. The summed E-state index contributed by atoms with van der Waals surface area (Å²) in [4.78, 5) is 27.1. The molecule has 176 valence electrons. The van der Waals surface area contributed by atoms with Crippen LogP contribution in [0.15, 0.2) is 12.1 Å². The average molecular weight is 454 g/mol. The van der Waals surface area contributed by atoms with Crippen LogP contribution in [0.4, 0.5) is 11.8 Å². The Morgan fingerprint density at radius 1 is 1.12 bits per heavy atom. The number of nitrogen functional groups attached to an aromatic ring is 1. The third kappa shape index (κ3) is 3.12. The number of benzene rings is 1. The number of aromatic nitrogens is 2. The van der Waals surface area contributed by atoms with Crippen LogP contribution in [0, 0.1) is 17.3 Å². The fraction of sp³-hybridized carbons (Fsp3) is 0.625. The van der Waals surface area contributed by atoms with Gasteiger partial charge in [0.25, 0.3) is 0 Å². The van der Waals surface area contributed by atoms with Gasteiger partial charge in [-0.3, -0.25) is 4.79 Å². The number of anilines is 2. The van der Waals surface area contributed by atoms with Gasteiger partial charge < -0.3 is 29.7 Å². The highest BCUT2D eigenvalue weighted by molar-refractivity contribution is 5.92. The van der Waals surface area contributed by atoms with Crippen molar-refractivity contribution in [3.8, 4) is 11.5 Å². The van der Waals surface area contributed by atoms with Crippen molar-refractivity contribution < 1.29 is 19.0 Å². The van der Waals surface area contributed by atoms with Crippen molar-refractivity contribution in [2.24, 2.45) is 17.3 Å². The molecule has 9 nitrogen and oxygen atoms in total. The Morgan fingerprint density at radius 2 is 1.88 bits per heavy atom. The number of nitrogens with zero attached hydrogens (tertiary/aromatic N) is 4. The quantitative estimate of drug-likeness (QED) is 0.751. The van der Waals surface area contributed by atoms with Gasteiger partial charge in [0.1, 0.15) is 5.82 Å². The summed E-state index contributed by atoms with van der Waals surface area (Å²) in [6, 6.07) is 3.63. The SMILES string of the molecule is COc1cc2nc(N3CCN(C(=O)C45COC6CC(CCC64)C5)CC3)nc(N)c2cc1OC. The first-order valence-electron chi connectivity index (χ1n) is 11.9. The Kier molecular flexibility index (Phi) is 4.79. The predicted molar refractivity (Wildman–Crippen MR) is 123 cm³/mol. The molecule has 0 spiro atoms. The number of carbonyl (C=O) groups is 1. The molecule has 2 N–H and O–H groups in total. The molecule has 2 aromatic rings. The van der Waals surface area contributed by atoms with Crippen LogP contribution in [0.25, 0.3) is 10.9 Å². The van der Waals surface area contributed by atoms with E-state index in [0.717, 1.165) is 24.6 Å². The van der Waals surface area contributed by atoms with Crippen LogP contribution >= 0.6 is 0 Å². The summed E-state index contributed by atoms with van der Waals surface area (Å²) in [7, 11) is 3.19. The van der Waals surface area contributed by atoms with E-state index in [1.807, 2.05) is 11.0 Å². The largest absolute Gasteiger partial charge is 0.493 e. The van der Waals surface area contributed by atoms with E-state index in [1.54, 1.807) is 20.3 Å². The molecule has 5 aliphatic rings. The summed E-state index contributed by atoms with van der Waals surface area (Å²) in [6.45, 7) is 3.29. The summed E-state index contributed by atoms with van der Waals surface area (Å²) in [5, 5.41) is 0.729. The van der Waals surface area contributed by atoms with E-state index in [0.29, 0.717) is 85.4 Å². The maximum absolute atomic E-state index is 13.7. The molecule has 2 aliphatic heterocycles. The van der Waals surface area contributed by atoms with Crippen LogP contribution in [-0.2, 0) is 9.53 Å². The number of piperazine rings is 1. The second-order valence-corrected chi connectivity index (χ2v) is 9.91. The van der Waals surface area contributed by atoms with Crippen LogP contribution in [0.2, 0.25) is 0 Å². The third-order valence-corrected chi connectivity index (χ3v) is 8.31. The molecule has 5 fully saturated rings. The molecular formula is C24H31N5O4. The summed E-state index contributed by atoms with van der Waals surface area (Å²) in [6.07, 6.45) is 4.84. The van der Waals surface area contributed by atoms with Gasteiger partial charge in [-0.1, -0.05) is 0 Å². The molecule has 1 amide bonds. The van der Waals surface area contributed by atoms with Gasteiger partial charge in [0.05, 0.1) is 37.9 Å². The minimum atomic E-state index is -0.284. The second kappa shape index (κ2) is 7.62. The zero-order valence-electron chi connectivity index (χ0n) is 19.2. The van der Waals surface area contributed by atoms with E-state index in [4.69, 9.17) is 24.9 Å². The fourth-order valence-corrected chi connectivity index (χ4v) is 6.64. The number of fused-ring (bicyclic) bond motifs is 2. The van der Waals surface area contributed by atoms with Gasteiger partial charge in [-0.05, 0) is 37.7 Å². The number of amides is 1. The van der Waals surface area contributed by atoms with Crippen molar-refractivity contribution >= 4 is 28.6 Å². The maximum Gasteiger partial charge on any atom is 0.231 e. The summed E-state index contributed by atoms with van der Waals surface area (Å²) in [5.74, 6) is 3.53. The third-order valence-electron chi connectivity index (χ3n) is 8.31. The van der Waals surface area contributed by atoms with Crippen LogP contribution in [0.5, 0.6) is 11.5 Å². The lowest BCUT2D eigenvalue weighted by Gasteiger charge is -2.49. The number of hydrogen-bond donors (Lipinski definition) is 1. The average Bonchev–Trinajstić information content (AvgIpc) is 3.14. The number of carbonyl (C=O) groups excluding carboxylic acids is 1. The van der Waals surface area contributed by atoms with Crippen molar-refractivity contribution in [2.75, 3.05) is 57.6 Å². The Morgan fingerprint density at radius 3 is 2.61 bits per heavy atom. The van der Waals surface area contributed by atoms with Crippen molar-refractivity contribution in [1.82, 2.24) is 14.9 Å². The van der Waals surface area contributed by atoms with Crippen LogP contribution in [0.1, 0.15) is 25.7 Å². The molecule has 7 rings (SSSR count). The Labute approximate surface area is 193 Å². The minimum Gasteiger partial charge on any atom is -0.493 e. The molecule has 2 saturated heterocycles. The van der Waals surface area contributed by atoms with Crippen molar-refractivity contribution in [2.45, 2.75) is 31.8 Å². The Bertz CT molecular complexity index is 1100. The van der Waals surface area contributed by atoms with Crippen LogP contribution in [-0.4, -0.2) is 73.9 Å². The standard InChI is InChI=1S/C24H31N5O4/c1-31-19-10-15-17(11-20(19)32-2)26-23(27-21(15)25)29-7-5-28(6-8-29)22(30)24-12-14-3-4-16(24)18(9-14)33-13-24/h10-11,14,16,18H,3-9,12-13H2,1-2H3,(H2,25,26,27). The summed E-state index contributed by atoms with van der Waals surface area (Å²) in [5.41, 5.74) is 6.70. The van der Waals surface area contributed by atoms with E-state index in [-0.39, 0.29) is 5.41 Å². The Hall–Kier alpha value is -2.81. The first kappa shape index (κ1) is 20.8. The first-order valence-corrected chi connectivity index (χ1v) is 11.9. The predicted octanol–water partition coefficient (Wildman–Crippen LogP) is 2.08. The molecular weight excluding hydrogens is 422 g/mol. The lowest BCUT2D eigenvalue weighted by atomic mass is 9.56. The highest BCUT2D eigenvalue weighted by Crippen LogP contribution is 2.58. The van der Waals surface area contributed by atoms with Gasteiger partial charge in [-0.2, -0.15) is 4.98 Å². The zero-order valence-corrected chi connectivity index (χ0v) is 19.2. The summed E-state index contributed by atoms with van der Waals surface area (Å²) >= 11 is 0. The van der Waals surface area contributed by atoms with Gasteiger partial charge >= 0.3 is 0 Å². The second-order valence-electron chi connectivity index (χ2n) is 9.91. The fourth-order valence-electron chi connectivity index (χ4n) is 6.64. The van der Waals surface area contributed by atoms with Gasteiger partial charge in [0.2, 0.25) is 11.9 Å². The van der Waals surface area contributed by atoms with Crippen molar-refractivity contribution in [3.63, 3.8) is 0 Å². The van der Waals surface area contributed by atoms with Gasteiger partial charge in [0, 0.05) is 43.5 Å². The van der Waals surface area contributed by atoms with E-state index in [2.05, 4.69) is 9.88 Å². The molecule has 4 bridgehead atoms. The van der Waals surface area contributed by atoms with E-state index in [1.165, 1.54) is 6.42 Å². The molecule has 33 heavy (non-hydrogen) atoms. The number of ether oxygens (including phenoxy) is 3. The van der Waals surface area contributed by atoms with E-state index >= 15 is 0 Å². The van der Waals surface area contributed by atoms with E-state index < -0.39 is 0 Å². The van der Waals surface area contributed by atoms with Crippen molar-refractivity contribution in [1.29, 1.82) is 0 Å². The number of rotatable bonds is 4. The monoisotopic (exact) mass is 453 g/mol. The van der Waals surface area contributed by atoms with Gasteiger partial charge in [-0.15, -0.1) is 0 Å². The maximum atomic E-state index is 13.7. The molecule has 4 unspecified atom stereocenters. The van der Waals surface area contributed by atoms with Gasteiger partial charge in [-0.25, -0.2) is 4.98 Å². The zero-order chi connectivity index (χ0) is 22.7. The molecule has 0 radical (unpaired) electrons. The summed E-state index contributed by atoms with van der Waals surface area (Å²) < 4.78 is 16.9. The highest BCUT2D eigenvalue weighted by Gasteiger charge is 2.62. The molecule has 3 heterocycles. The lowest BCUT2D eigenvalue weighted by Crippen LogP contribution is -2.58. The molecule has 1 aromatic heterocycles. The van der Waals surface area contributed by atoms with Crippen LogP contribution in [0.3, 0.4) is 0 Å². The normalized spacial score (nSPS) is 30.7. The molecule has 9 heteroatoms. The minimum absolute atomic E-state index is 0.284. The topological polar surface area (TPSA) is 103 Å². The number of nitrogens with two attached hydrogens (primary N) is 1. The molecule has 4 atom stereocenters. The smallest absolute Gasteiger partial charge is 0.231 e. The number of hydrogen-bond acceptors (Lipinski definition) is 8. The van der Waals surface area contributed by atoms with Crippen LogP contribution < -0.4 is 20.1 Å². The lowest BCUT2D eigenvalue weighted by molar-refractivity contribution is -0.149. The Balaban J connectivity index is 1.20. The first-order chi connectivity index (χ1) is 16.0. The van der Waals surface area contributed by atoms with Crippen molar-refractivity contribution in [3.05, 3.63) is 12.1 Å².